The van der Waals surface area contributed by atoms with E-state index in [1.807, 2.05) is 0 Å². The van der Waals surface area contributed by atoms with Gasteiger partial charge in [-0.25, -0.2) is 4.39 Å². The van der Waals surface area contributed by atoms with Gasteiger partial charge in [-0.1, -0.05) is 17.7 Å². The molecule has 1 heterocycles. The zero-order valence-electron chi connectivity index (χ0n) is 10.9. The van der Waals surface area contributed by atoms with Crippen molar-refractivity contribution in [2.75, 3.05) is 7.11 Å². The van der Waals surface area contributed by atoms with Crippen molar-refractivity contribution in [1.29, 1.82) is 0 Å². The smallest absolute Gasteiger partial charge is 0.165 e. The van der Waals surface area contributed by atoms with Crippen LogP contribution in [-0.4, -0.2) is 12.1 Å². The maximum Gasteiger partial charge on any atom is 0.165 e. The van der Waals surface area contributed by atoms with Crippen LogP contribution in [0.15, 0.2) is 36.5 Å². The van der Waals surface area contributed by atoms with Gasteiger partial charge in [0.2, 0.25) is 0 Å². The van der Waals surface area contributed by atoms with Crippen LogP contribution < -0.4 is 16.0 Å². The first kappa shape index (κ1) is 14.7. The number of benzene rings is 1. The standard InChI is InChI=1S/C14H15ClFN3O/c1-20-14-5-2-9(6-11(14)16)7-13(19-17)12-4-3-10(15)8-18-12/h2-6,8,13,19H,7,17H2,1H3. The molecule has 1 unspecified atom stereocenters. The van der Waals surface area contributed by atoms with Crippen LogP contribution in [0.1, 0.15) is 17.3 Å². The summed E-state index contributed by atoms with van der Waals surface area (Å²) in [6, 6.07) is 8.12. The highest BCUT2D eigenvalue weighted by atomic mass is 35.5. The third-order valence-corrected chi connectivity index (χ3v) is 3.19. The average Bonchev–Trinajstić information content (AvgIpc) is 2.46. The summed E-state index contributed by atoms with van der Waals surface area (Å²) >= 11 is 5.80. The van der Waals surface area contributed by atoms with Gasteiger partial charge < -0.3 is 4.74 Å². The Hall–Kier alpha value is -1.69. The van der Waals surface area contributed by atoms with E-state index < -0.39 is 5.82 Å². The van der Waals surface area contributed by atoms with Crippen molar-refractivity contribution in [1.82, 2.24) is 10.4 Å². The molecule has 1 aromatic carbocycles. The highest BCUT2D eigenvalue weighted by Gasteiger charge is 2.13. The summed E-state index contributed by atoms with van der Waals surface area (Å²) in [5.74, 6) is 5.36. The number of nitrogens with two attached hydrogens (primary N) is 1. The molecule has 0 aliphatic rings. The maximum absolute atomic E-state index is 13.7. The predicted octanol–water partition coefficient (Wildman–Crippen LogP) is 2.63. The Kier molecular flexibility index (Phi) is 4.89. The molecule has 2 aromatic rings. The lowest BCUT2D eigenvalue weighted by molar-refractivity contribution is 0.386. The van der Waals surface area contributed by atoms with Crippen LogP contribution in [0.2, 0.25) is 5.02 Å². The minimum atomic E-state index is -0.398. The summed E-state index contributed by atoms with van der Waals surface area (Å²) in [4.78, 5) is 4.21. The highest BCUT2D eigenvalue weighted by Crippen LogP contribution is 2.22. The van der Waals surface area contributed by atoms with Crippen LogP contribution in [0.3, 0.4) is 0 Å². The van der Waals surface area contributed by atoms with Crippen LogP contribution in [0.5, 0.6) is 5.75 Å². The van der Waals surface area contributed by atoms with E-state index in [2.05, 4.69) is 10.4 Å². The molecule has 3 N–H and O–H groups in total. The monoisotopic (exact) mass is 295 g/mol. The molecule has 0 amide bonds. The summed E-state index contributed by atoms with van der Waals surface area (Å²) in [5.41, 5.74) is 4.21. The Morgan fingerprint density at radius 2 is 2.20 bits per heavy atom. The number of aromatic nitrogens is 1. The number of ether oxygens (including phenoxy) is 1. The van der Waals surface area contributed by atoms with Crippen LogP contribution in [-0.2, 0) is 6.42 Å². The third kappa shape index (κ3) is 3.45. The first-order valence-electron chi connectivity index (χ1n) is 6.04. The maximum atomic E-state index is 13.7. The van der Waals surface area contributed by atoms with Crippen LogP contribution in [0, 0.1) is 5.82 Å². The first-order valence-corrected chi connectivity index (χ1v) is 6.42. The van der Waals surface area contributed by atoms with E-state index in [4.69, 9.17) is 22.2 Å². The van der Waals surface area contributed by atoms with Crippen molar-refractivity contribution in [3.63, 3.8) is 0 Å². The van der Waals surface area contributed by atoms with E-state index in [-0.39, 0.29) is 11.8 Å². The molecule has 0 saturated carbocycles. The van der Waals surface area contributed by atoms with Gasteiger partial charge in [-0.15, -0.1) is 0 Å². The molecule has 0 radical (unpaired) electrons. The van der Waals surface area contributed by atoms with E-state index >= 15 is 0 Å². The molecule has 4 nitrogen and oxygen atoms in total. The van der Waals surface area contributed by atoms with E-state index in [1.165, 1.54) is 13.2 Å². The quantitative estimate of drug-likeness (QED) is 0.657. The van der Waals surface area contributed by atoms with Gasteiger partial charge in [0.05, 0.1) is 23.9 Å². The number of halogens is 2. The lowest BCUT2D eigenvalue weighted by Gasteiger charge is -2.16. The molecule has 0 aliphatic carbocycles. The minimum Gasteiger partial charge on any atom is -0.494 e. The average molecular weight is 296 g/mol. The lowest BCUT2D eigenvalue weighted by atomic mass is 10.0. The summed E-state index contributed by atoms with van der Waals surface area (Å²) < 4.78 is 18.5. The number of pyridine rings is 1. The molecule has 0 bridgehead atoms. The molecular formula is C14H15ClFN3O. The molecule has 6 heteroatoms. The number of rotatable bonds is 5. The van der Waals surface area contributed by atoms with Gasteiger partial charge in [-0.05, 0) is 36.2 Å². The number of hydrogen-bond donors (Lipinski definition) is 2. The van der Waals surface area contributed by atoms with E-state index in [9.17, 15) is 4.39 Å². The van der Waals surface area contributed by atoms with Gasteiger partial charge in [-0.2, -0.15) is 0 Å². The second kappa shape index (κ2) is 6.65. The van der Waals surface area contributed by atoms with Crippen molar-refractivity contribution < 1.29 is 9.13 Å². The van der Waals surface area contributed by atoms with Gasteiger partial charge >= 0.3 is 0 Å². The molecule has 0 fully saturated rings. The fourth-order valence-electron chi connectivity index (χ4n) is 1.91. The molecule has 1 aromatic heterocycles. The summed E-state index contributed by atoms with van der Waals surface area (Å²) in [7, 11) is 1.43. The van der Waals surface area contributed by atoms with Crippen molar-refractivity contribution in [2.45, 2.75) is 12.5 Å². The van der Waals surface area contributed by atoms with Crippen LogP contribution in [0.25, 0.3) is 0 Å². The Morgan fingerprint density at radius 3 is 2.75 bits per heavy atom. The van der Waals surface area contributed by atoms with Gasteiger partial charge in [0.15, 0.2) is 11.6 Å². The highest BCUT2D eigenvalue weighted by molar-refractivity contribution is 6.30. The molecule has 2 rings (SSSR count). The van der Waals surface area contributed by atoms with Crippen molar-refractivity contribution in [3.8, 4) is 5.75 Å². The SMILES string of the molecule is COc1ccc(CC(NN)c2ccc(Cl)cn2)cc1F. The summed E-state index contributed by atoms with van der Waals surface area (Å²) in [6.45, 7) is 0. The van der Waals surface area contributed by atoms with Gasteiger partial charge in [0, 0.05) is 6.20 Å². The van der Waals surface area contributed by atoms with Gasteiger partial charge in [0.25, 0.3) is 0 Å². The molecule has 106 valence electrons. The lowest BCUT2D eigenvalue weighted by Crippen LogP contribution is -2.30. The van der Waals surface area contributed by atoms with E-state index in [1.54, 1.807) is 30.5 Å². The Balaban J connectivity index is 2.17. The largest absolute Gasteiger partial charge is 0.494 e. The van der Waals surface area contributed by atoms with Gasteiger partial charge in [0.1, 0.15) is 0 Å². The molecule has 0 saturated heterocycles. The van der Waals surface area contributed by atoms with Crippen LogP contribution >= 0.6 is 11.6 Å². The van der Waals surface area contributed by atoms with Crippen LogP contribution in [0.4, 0.5) is 4.39 Å². The predicted molar refractivity (Wildman–Crippen MR) is 76.0 cm³/mol. The van der Waals surface area contributed by atoms with E-state index in [0.29, 0.717) is 11.4 Å². The first-order chi connectivity index (χ1) is 9.63. The molecule has 0 spiro atoms. The van der Waals surface area contributed by atoms with Crippen molar-refractivity contribution in [2.24, 2.45) is 5.84 Å². The fourth-order valence-corrected chi connectivity index (χ4v) is 2.03. The summed E-state index contributed by atoms with van der Waals surface area (Å²) in [6.07, 6.45) is 2.06. The fraction of sp³-hybridized carbons (Fsp3) is 0.214. The van der Waals surface area contributed by atoms with Crippen molar-refractivity contribution >= 4 is 11.6 Å². The van der Waals surface area contributed by atoms with Crippen molar-refractivity contribution in [3.05, 3.63) is 58.6 Å². The minimum absolute atomic E-state index is 0.218. The summed E-state index contributed by atoms with van der Waals surface area (Å²) in [5, 5.41) is 0.556. The van der Waals surface area contributed by atoms with E-state index in [0.717, 1.165) is 11.3 Å². The third-order valence-electron chi connectivity index (χ3n) is 2.96. The number of methoxy groups -OCH3 is 1. The number of nitrogens with zero attached hydrogens (tertiary/aromatic N) is 1. The Bertz CT molecular complexity index is 577. The molecule has 0 aliphatic heterocycles. The Labute approximate surface area is 121 Å². The Morgan fingerprint density at radius 1 is 1.40 bits per heavy atom. The number of hydrazine groups is 1. The molecule has 1 atom stereocenters. The number of hydrogen-bond acceptors (Lipinski definition) is 4. The second-order valence-electron chi connectivity index (χ2n) is 4.29. The normalized spacial score (nSPS) is 12.2. The topological polar surface area (TPSA) is 60.2 Å². The number of nitrogens with one attached hydrogen (secondary N) is 1. The zero-order chi connectivity index (χ0) is 14.5. The molecular weight excluding hydrogens is 281 g/mol. The second-order valence-corrected chi connectivity index (χ2v) is 4.73. The zero-order valence-corrected chi connectivity index (χ0v) is 11.7. The molecule has 20 heavy (non-hydrogen) atoms. The van der Waals surface area contributed by atoms with Gasteiger partial charge in [-0.3, -0.25) is 16.3 Å².